The van der Waals surface area contributed by atoms with Crippen molar-refractivity contribution < 1.29 is 8.85 Å². The first-order valence-electron chi connectivity index (χ1n) is 9.66. The molecule has 0 heterocycles. The van der Waals surface area contributed by atoms with Gasteiger partial charge < -0.3 is 8.85 Å². The van der Waals surface area contributed by atoms with Crippen molar-refractivity contribution in [2.24, 2.45) is 0 Å². The molecule has 0 unspecified atom stereocenters. The van der Waals surface area contributed by atoms with Gasteiger partial charge in [0.2, 0.25) is 0 Å². The summed E-state index contributed by atoms with van der Waals surface area (Å²) in [6, 6.07) is 13.1. The Balaban J connectivity index is 3.04. The van der Waals surface area contributed by atoms with E-state index in [1.54, 1.807) is 0 Å². The quantitative estimate of drug-likeness (QED) is 0.208. The molecular weight excluding hydrogens is 376 g/mol. The lowest BCUT2D eigenvalue weighted by Crippen LogP contribution is -2.40. The standard InChI is InChI=1S/C24H34O2Si2/c1-7-17-27(18-8-2,19-9-3)25-23-13-15-24(16-14-23)26-28(20-10-4,21-11-5)22-12-6/h7-16H,1-6,17-22H2. The summed E-state index contributed by atoms with van der Waals surface area (Å²) >= 11 is 0. The fourth-order valence-electron chi connectivity index (χ4n) is 3.40. The number of rotatable bonds is 16. The topological polar surface area (TPSA) is 18.5 Å². The molecule has 0 aliphatic rings. The van der Waals surface area contributed by atoms with Gasteiger partial charge in [0.15, 0.2) is 0 Å². The first kappa shape index (κ1) is 23.7. The average Bonchev–Trinajstić information content (AvgIpc) is 2.65. The third-order valence-corrected chi connectivity index (χ3v) is 12.1. The molecule has 0 aromatic heterocycles. The minimum absolute atomic E-state index is 0.855. The Labute approximate surface area is 173 Å². The molecule has 0 N–H and O–H groups in total. The van der Waals surface area contributed by atoms with Gasteiger partial charge in [0.25, 0.3) is 16.6 Å². The Kier molecular flexibility index (Phi) is 10.4. The third kappa shape index (κ3) is 7.02. The summed E-state index contributed by atoms with van der Waals surface area (Å²) in [5, 5.41) is 0. The zero-order chi connectivity index (χ0) is 20.9. The highest BCUT2D eigenvalue weighted by Gasteiger charge is 2.34. The molecule has 150 valence electrons. The highest BCUT2D eigenvalue weighted by atomic mass is 28.4. The lowest BCUT2D eigenvalue weighted by Gasteiger charge is -2.31. The van der Waals surface area contributed by atoms with E-state index in [1.807, 2.05) is 60.7 Å². The van der Waals surface area contributed by atoms with Gasteiger partial charge >= 0.3 is 0 Å². The first-order chi connectivity index (χ1) is 13.5. The molecule has 1 rings (SSSR count). The van der Waals surface area contributed by atoms with E-state index in [0.29, 0.717) is 0 Å². The van der Waals surface area contributed by atoms with Crippen LogP contribution in [0.1, 0.15) is 0 Å². The summed E-state index contributed by atoms with van der Waals surface area (Å²) in [6.45, 7) is 23.4. The molecular formula is C24H34O2Si2. The molecule has 1 aromatic carbocycles. The molecule has 0 spiro atoms. The van der Waals surface area contributed by atoms with Gasteiger partial charge in [-0.25, -0.2) is 0 Å². The van der Waals surface area contributed by atoms with Crippen molar-refractivity contribution in [2.45, 2.75) is 36.3 Å². The summed E-state index contributed by atoms with van der Waals surface area (Å²) in [5.41, 5.74) is 0. The predicted octanol–water partition coefficient (Wildman–Crippen LogP) is 7.45. The molecule has 0 aliphatic heterocycles. The van der Waals surface area contributed by atoms with E-state index in [1.165, 1.54) is 0 Å². The van der Waals surface area contributed by atoms with Crippen LogP contribution in [-0.4, -0.2) is 16.6 Å². The van der Waals surface area contributed by atoms with Crippen LogP contribution in [0.5, 0.6) is 11.5 Å². The van der Waals surface area contributed by atoms with Crippen molar-refractivity contribution in [2.75, 3.05) is 0 Å². The van der Waals surface area contributed by atoms with Crippen LogP contribution in [0, 0.1) is 0 Å². The van der Waals surface area contributed by atoms with E-state index < -0.39 is 16.6 Å². The predicted molar refractivity (Wildman–Crippen MR) is 129 cm³/mol. The zero-order valence-electron chi connectivity index (χ0n) is 17.1. The highest BCUT2D eigenvalue weighted by molar-refractivity contribution is 6.76. The maximum atomic E-state index is 6.48. The van der Waals surface area contributed by atoms with Crippen molar-refractivity contribution in [1.82, 2.24) is 0 Å². The van der Waals surface area contributed by atoms with Crippen molar-refractivity contribution >= 4 is 16.6 Å². The molecule has 0 bridgehead atoms. The number of benzene rings is 1. The molecule has 0 aliphatic carbocycles. The molecule has 0 saturated carbocycles. The fraction of sp³-hybridized carbons (Fsp3) is 0.250. The van der Waals surface area contributed by atoms with Gasteiger partial charge in [-0.15, -0.1) is 39.5 Å². The van der Waals surface area contributed by atoms with E-state index in [0.717, 1.165) is 47.8 Å². The average molecular weight is 411 g/mol. The van der Waals surface area contributed by atoms with Gasteiger partial charge in [0.1, 0.15) is 11.5 Å². The molecule has 2 nitrogen and oxygen atoms in total. The normalized spacial score (nSPS) is 11.1. The van der Waals surface area contributed by atoms with E-state index in [9.17, 15) is 0 Å². The molecule has 1 aromatic rings. The molecule has 0 radical (unpaired) electrons. The summed E-state index contributed by atoms with van der Waals surface area (Å²) in [7, 11) is -4.13. The Morgan fingerprint density at radius 3 is 0.893 bits per heavy atom. The zero-order valence-corrected chi connectivity index (χ0v) is 19.1. The number of hydrogen-bond acceptors (Lipinski definition) is 2. The van der Waals surface area contributed by atoms with Gasteiger partial charge in [-0.3, -0.25) is 0 Å². The summed E-state index contributed by atoms with van der Waals surface area (Å²) in [6.07, 6.45) is 11.6. The van der Waals surface area contributed by atoms with E-state index in [-0.39, 0.29) is 0 Å². The van der Waals surface area contributed by atoms with Crippen LogP contribution in [0.25, 0.3) is 0 Å². The molecule has 4 heteroatoms. The van der Waals surface area contributed by atoms with Gasteiger partial charge in [0.05, 0.1) is 0 Å². The number of hydrogen-bond donors (Lipinski definition) is 0. The maximum Gasteiger partial charge on any atom is 0.262 e. The second kappa shape index (κ2) is 12.2. The second-order valence-corrected chi connectivity index (χ2v) is 14.6. The van der Waals surface area contributed by atoms with Crippen LogP contribution in [0.3, 0.4) is 0 Å². The summed E-state index contributed by atoms with van der Waals surface area (Å²) in [5.74, 6) is 1.71. The minimum Gasteiger partial charge on any atom is -0.543 e. The largest absolute Gasteiger partial charge is 0.543 e. The van der Waals surface area contributed by atoms with Crippen molar-refractivity contribution in [1.29, 1.82) is 0 Å². The van der Waals surface area contributed by atoms with E-state index >= 15 is 0 Å². The Hall–Kier alpha value is -2.31. The number of allylic oxidation sites excluding steroid dienone is 6. The Morgan fingerprint density at radius 1 is 0.500 bits per heavy atom. The van der Waals surface area contributed by atoms with Gasteiger partial charge in [0, 0.05) is 0 Å². The van der Waals surface area contributed by atoms with Crippen LogP contribution in [0.15, 0.2) is 100 Å². The molecule has 0 amide bonds. The van der Waals surface area contributed by atoms with Crippen molar-refractivity contribution in [3.05, 3.63) is 100 Å². The SMILES string of the molecule is C=CC[Si](CC=C)(CC=C)Oc1ccc(O[Si](CC=C)(CC=C)CC=C)cc1. The lowest BCUT2D eigenvalue weighted by molar-refractivity contribution is 0.527. The van der Waals surface area contributed by atoms with E-state index in [2.05, 4.69) is 39.5 Å². The molecule has 0 fully saturated rings. The van der Waals surface area contributed by atoms with E-state index in [4.69, 9.17) is 8.85 Å². The summed E-state index contributed by atoms with van der Waals surface area (Å²) in [4.78, 5) is 0. The van der Waals surface area contributed by atoms with Gasteiger partial charge in [-0.2, -0.15) is 0 Å². The smallest absolute Gasteiger partial charge is 0.262 e. The van der Waals surface area contributed by atoms with Crippen molar-refractivity contribution in [3.8, 4) is 11.5 Å². The van der Waals surface area contributed by atoms with Crippen LogP contribution in [0.2, 0.25) is 36.3 Å². The van der Waals surface area contributed by atoms with Crippen LogP contribution in [-0.2, 0) is 0 Å². The first-order valence-corrected chi connectivity index (χ1v) is 14.7. The lowest BCUT2D eigenvalue weighted by atomic mass is 10.3. The van der Waals surface area contributed by atoms with Crippen LogP contribution >= 0.6 is 0 Å². The molecule has 0 saturated heterocycles. The maximum absolute atomic E-state index is 6.48. The van der Waals surface area contributed by atoms with Crippen molar-refractivity contribution in [3.63, 3.8) is 0 Å². The Bertz CT molecular complexity index is 564. The molecule has 0 atom stereocenters. The minimum atomic E-state index is -2.06. The highest BCUT2D eigenvalue weighted by Crippen LogP contribution is 2.31. The fourth-order valence-corrected chi connectivity index (χ4v) is 9.33. The van der Waals surface area contributed by atoms with Gasteiger partial charge in [-0.1, -0.05) is 36.5 Å². The third-order valence-electron chi connectivity index (χ3n) is 4.59. The monoisotopic (exact) mass is 410 g/mol. The summed E-state index contributed by atoms with van der Waals surface area (Å²) < 4.78 is 13.0. The van der Waals surface area contributed by atoms with Gasteiger partial charge in [-0.05, 0) is 60.5 Å². The Morgan fingerprint density at radius 2 is 0.714 bits per heavy atom. The molecule has 28 heavy (non-hydrogen) atoms. The van der Waals surface area contributed by atoms with Crippen LogP contribution in [0.4, 0.5) is 0 Å². The second-order valence-electron chi connectivity index (χ2n) is 7.00. The van der Waals surface area contributed by atoms with Crippen LogP contribution < -0.4 is 8.85 Å².